The molecule has 0 spiro atoms. The number of nitrogens with one attached hydrogen (secondary N) is 1. The van der Waals surface area contributed by atoms with Crippen LogP contribution in [0.3, 0.4) is 0 Å². The summed E-state index contributed by atoms with van der Waals surface area (Å²) in [6.45, 7) is 2.85. The van der Waals surface area contributed by atoms with Crippen molar-refractivity contribution >= 4 is 17.2 Å². The molecule has 4 nitrogen and oxygen atoms in total. The molecule has 0 fully saturated rings. The topological polar surface area (TPSA) is 47.0 Å². The second-order valence-electron chi connectivity index (χ2n) is 3.64. The van der Waals surface area contributed by atoms with Crippen LogP contribution in [0.5, 0.6) is 5.75 Å². The smallest absolute Gasteiger partial charge is 0.137 e. The molecule has 0 saturated heterocycles. The Hall–Kier alpha value is -1.62. The summed E-state index contributed by atoms with van der Waals surface area (Å²) in [5, 5.41) is 6.48. The van der Waals surface area contributed by atoms with Crippen LogP contribution >= 0.6 is 11.3 Å². The van der Waals surface area contributed by atoms with Crippen LogP contribution in [0.25, 0.3) is 0 Å². The van der Waals surface area contributed by atoms with Gasteiger partial charge in [0, 0.05) is 24.0 Å². The van der Waals surface area contributed by atoms with Crippen molar-refractivity contribution in [3.8, 4) is 5.75 Å². The maximum atomic E-state index is 5.05. The fraction of sp³-hybridized carbons (Fsp3) is 0.333. The monoisotopic (exact) mass is 249 g/mol. The molecule has 17 heavy (non-hydrogen) atoms. The number of pyridine rings is 1. The van der Waals surface area contributed by atoms with Crippen LogP contribution in [0.15, 0.2) is 23.7 Å². The summed E-state index contributed by atoms with van der Waals surface area (Å²) in [6.07, 6.45) is 2.63. The van der Waals surface area contributed by atoms with E-state index in [4.69, 9.17) is 4.74 Å². The van der Waals surface area contributed by atoms with E-state index in [1.807, 2.05) is 19.1 Å². The van der Waals surface area contributed by atoms with Crippen LogP contribution in [0.4, 0.5) is 5.82 Å². The molecular formula is C12H15N3OS. The first-order valence-corrected chi connectivity index (χ1v) is 6.31. The van der Waals surface area contributed by atoms with Crippen LogP contribution in [0.1, 0.15) is 10.7 Å². The molecule has 0 amide bonds. The highest BCUT2D eigenvalue weighted by Gasteiger charge is 1.99. The number of hydrogen-bond donors (Lipinski definition) is 1. The molecule has 2 aromatic rings. The summed E-state index contributed by atoms with van der Waals surface area (Å²) in [4.78, 5) is 8.64. The molecule has 0 aliphatic rings. The lowest BCUT2D eigenvalue weighted by atomic mass is 10.4. The van der Waals surface area contributed by atoms with E-state index in [1.54, 1.807) is 24.6 Å². The minimum atomic E-state index is 0.770. The zero-order valence-corrected chi connectivity index (χ0v) is 10.8. The van der Waals surface area contributed by atoms with Gasteiger partial charge in [-0.3, -0.25) is 0 Å². The number of hydrogen-bond acceptors (Lipinski definition) is 5. The molecule has 1 N–H and O–H groups in total. The standard InChI is InChI=1S/C12H15N3OS/c1-9-8-17-12(15-9)5-6-13-11-4-3-10(16-2)7-14-11/h3-4,7-8H,5-6H2,1-2H3,(H,13,14). The van der Waals surface area contributed by atoms with Crippen molar-refractivity contribution in [1.82, 2.24) is 9.97 Å². The highest BCUT2D eigenvalue weighted by atomic mass is 32.1. The zero-order valence-electron chi connectivity index (χ0n) is 9.93. The van der Waals surface area contributed by atoms with Crippen molar-refractivity contribution in [2.45, 2.75) is 13.3 Å². The van der Waals surface area contributed by atoms with Crippen molar-refractivity contribution in [3.05, 3.63) is 34.4 Å². The summed E-state index contributed by atoms with van der Waals surface area (Å²) < 4.78 is 5.05. The maximum Gasteiger partial charge on any atom is 0.137 e. The van der Waals surface area contributed by atoms with E-state index in [2.05, 4.69) is 20.7 Å². The Morgan fingerprint density at radius 1 is 1.41 bits per heavy atom. The highest BCUT2D eigenvalue weighted by Crippen LogP contribution is 2.12. The largest absolute Gasteiger partial charge is 0.495 e. The summed E-state index contributed by atoms with van der Waals surface area (Å²) in [7, 11) is 1.63. The first kappa shape index (κ1) is 11.9. The van der Waals surface area contributed by atoms with Gasteiger partial charge in [0.2, 0.25) is 0 Å². The normalized spacial score (nSPS) is 10.2. The minimum absolute atomic E-state index is 0.770. The molecule has 0 aliphatic heterocycles. The first-order valence-electron chi connectivity index (χ1n) is 5.43. The van der Waals surface area contributed by atoms with Crippen LogP contribution in [-0.4, -0.2) is 23.6 Å². The molecular weight excluding hydrogens is 234 g/mol. The van der Waals surface area contributed by atoms with Gasteiger partial charge in [0.25, 0.3) is 0 Å². The molecule has 0 aliphatic carbocycles. The van der Waals surface area contributed by atoms with Crippen LogP contribution in [0.2, 0.25) is 0 Å². The van der Waals surface area contributed by atoms with E-state index in [1.165, 1.54) is 0 Å². The van der Waals surface area contributed by atoms with Crippen LogP contribution in [-0.2, 0) is 6.42 Å². The number of aryl methyl sites for hydroxylation is 1. The van der Waals surface area contributed by atoms with Crippen molar-refractivity contribution in [2.24, 2.45) is 0 Å². The molecule has 0 bridgehead atoms. The number of aromatic nitrogens is 2. The van der Waals surface area contributed by atoms with E-state index in [9.17, 15) is 0 Å². The number of methoxy groups -OCH3 is 1. The Balaban J connectivity index is 1.81. The van der Waals surface area contributed by atoms with Crippen molar-refractivity contribution < 1.29 is 4.74 Å². The fourth-order valence-electron chi connectivity index (χ4n) is 1.42. The second kappa shape index (κ2) is 5.63. The Labute approximate surface area is 105 Å². The Bertz CT molecular complexity index is 467. The van der Waals surface area contributed by atoms with Gasteiger partial charge in [0.15, 0.2) is 0 Å². The van der Waals surface area contributed by atoms with Gasteiger partial charge < -0.3 is 10.1 Å². The van der Waals surface area contributed by atoms with Gasteiger partial charge in [-0.1, -0.05) is 0 Å². The van der Waals surface area contributed by atoms with Crippen molar-refractivity contribution in [1.29, 1.82) is 0 Å². The molecule has 2 heterocycles. The second-order valence-corrected chi connectivity index (χ2v) is 4.59. The summed E-state index contributed by atoms with van der Waals surface area (Å²) in [5.41, 5.74) is 1.09. The van der Waals surface area contributed by atoms with E-state index in [-0.39, 0.29) is 0 Å². The predicted octanol–water partition coefficient (Wildman–Crippen LogP) is 2.51. The predicted molar refractivity (Wildman–Crippen MR) is 69.8 cm³/mol. The molecule has 0 unspecified atom stereocenters. The van der Waals surface area contributed by atoms with Crippen molar-refractivity contribution in [3.63, 3.8) is 0 Å². The van der Waals surface area contributed by atoms with Gasteiger partial charge in [-0.15, -0.1) is 11.3 Å². The third-order valence-corrected chi connectivity index (χ3v) is 3.31. The van der Waals surface area contributed by atoms with E-state index in [0.29, 0.717) is 0 Å². The van der Waals surface area contributed by atoms with E-state index < -0.39 is 0 Å². The van der Waals surface area contributed by atoms with Gasteiger partial charge in [-0.25, -0.2) is 9.97 Å². The third-order valence-electron chi connectivity index (χ3n) is 2.28. The molecule has 5 heteroatoms. The van der Waals surface area contributed by atoms with E-state index >= 15 is 0 Å². The maximum absolute atomic E-state index is 5.05. The highest BCUT2D eigenvalue weighted by molar-refractivity contribution is 7.09. The van der Waals surface area contributed by atoms with Crippen LogP contribution < -0.4 is 10.1 Å². The SMILES string of the molecule is COc1ccc(NCCc2nc(C)cs2)nc1. The summed E-state index contributed by atoms with van der Waals surface area (Å²) >= 11 is 1.70. The molecule has 0 radical (unpaired) electrons. The van der Waals surface area contributed by atoms with Gasteiger partial charge in [0.05, 0.1) is 18.3 Å². The number of ether oxygens (including phenoxy) is 1. The number of anilines is 1. The lowest BCUT2D eigenvalue weighted by Crippen LogP contribution is -2.05. The van der Waals surface area contributed by atoms with E-state index in [0.717, 1.165) is 35.2 Å². The lowest BCUT2D eigenvalue weighted by molar-refractivity contribution is 0.413. The zero-order chi connectivity index (χ0) is 12.1. The quantitative estimate of drug-likeness (QED) is 0.884. The number of rotatable bonds is 5. The minimum Gasteiger partial charge on any atom is -0.495 e. The number of nitrogens with zero attached hydrogens (tertiary/aromatic N) is 2. The van der Waals surface area contributed by atoms with Gasteiger partial charge in [-0.05, 0) is 19.1 Å². The Kier molecular flexibility index (Phi) is 3.93. The average molecular weight is 249 g/mol. The molecule has 0 aromatic carbocycles. The molecule has 2 aromatic heterocycles. The van der Waals surface area contributed by atoms with Gasteiger partial charge in [-0.2, -0.15) is 0 Å². The Morgan fingerprint density at radius 2 is 2.29 bits per heavy atom. The number of thiazole rings is 1. The Morgan fingerprint density at radius 3 is 2.88 bits per heavy atom. The molecule has 2 rings (SSSR count). The molecule has 0 atom stereocenters. The van der Waals surface area contributed by atoms with Crippen molar-refractivity contribution in [2.75, 3.05) is 19.0 Å². The average Bonchev–Trinajstić information content (AvgIpc) is 2.76. The summed E-state index contributed by atoms with van der Waals surface area (Å²) in [5.74, 6) is 1.63. The fourth-order valence-corrected chi connectivity index (χ4v) is 2.20. The first-order chi connectivity index (χ1) is 8.28. The van der Waals surface area contributed by atoms with Gasteiger partial charge in [0.1, 0.15) is 11.6 Å². The lowest BCUT2D eigenvalue weighted by Gasteiger charge is -2.04. The molecule has 90 valence electrons. The molecule has 0 saturated carbocycles. The third kappa shape index (κ3) is 3.42. The van der Waals surface area contributed by atoms with Crippen LogP contribution in [0, 0.1) is 6.92 Å². The van der Waals surface area contributed by atoms with Gasteiger partial charge >= 0.3 is 0 Å². The summed E-state index contributed by atoms with van der Waals surface area (Å²) in [6, 6.07) is 3.80.